The molecule has 1 aromatic heterocycles. The number of nitrogens with zero attached hydrogens (tertiary/aromatic N) is 2. The van der Waals surface area contributed by atoms with E-state index >= 15 is 0 Å². The van der Waals surface area contributed by atoms with Gasteiger partial charge >= 0.3 is 0 Å². The Kier molecular flexibility index (Phi) is 4.61. The highest BCUT2D eigenvalue weighted by Gasteiger charge is 2.14. The van der Waals surface area contributed by atoms with Crippen LogP contribution >= 0.6 is 50.1 Å². The van der Waals surface area contributed by atoms with Crippen molar-refractivity contribution in [3.63, 3.8) is 0 Å². The third-order valence-corrected chi connectivity index (χ3v) is 4.67. The van der Waals surface area contributed by atoms with Crippen LogP contribution in [-0.4, -0.2) is 9.97 Å². The smallest absolute Gasteiger partial charge is 0.161 e. The van der Waals surface area contributed by atoms with Crippen LogP contribution in [0.5, 0.6) is 0 Å². The van der Waals surface area contributed by atoms with E-state index in [1.54, 1.807) is 0 Å². The maximum absolute atomic E-state index is 6.18. The van der Waals surface area contributed by atoms with Crippen LogP contribution in [0.1, 0.15) is 25.5 Å². The van der Waals surface area contributed by atoms with E-state index in [9.17, 15) is 0 Å². The predicted octanol–water partition coefficient (Wildman–Crippen LogP) is 5.29. The summed E-state index contributed by atoms with van der Waals surface area (Å²) in [7, 11) is 0. The Morgan fingerprint density at radius 2 is 1.78 bits per heavy atom. The fourth-order valence-corrected chi connectivity index (χ4v) is 2.85. The van der Waals surface area contributed by atoms with Crippen molar-refractivity contribution in [2.45, 2.75) is 19.8 Å². The molecule has 0 saturated carbocycles. The van der Waals surface area contributed by atoms with Gasteiger partial charge in [-0.3, -0.25) is 0 Å². The Bertz CT molecular complexity index is 570. The van der Waals surface area contributed by atoms with E-state index in [0.717, 1.165) is 19.3 Å². The van der Waals surface area contributed by atoms with Gasteiger partial charge < -0.3 is 0 Å². The van der Waals surface area contributed by atoms with Gasteiger partial charge in [0.1, 0.15) is 5.15 Å². The molecule has 0 unspecified atom stereocenters. The summed E-state index contributed by atoms with van der Waals surface area (Å²) in [4.78, 5) is 8.96. The molecule has 0 N–H and O–H groups in total. The molecule has 0 spiro atoms. The molecule has 0 aliphatic rings. The highest BCUT2D eigenvalue weighted by atomic mass is 127. The van der Waals surface area contributed by atoms with E-state index in [1.807, 2.05) is 24.3 Å². The monoisotopic (exact) mass is 436 g/mol. The van der Waals surface area contributed by atoms with E-state index in [1.165, 1.54) is 0 Å². The van der Waals surface area contributed by atoms with Crippen molar-refractivity contribution < 1.29 is 0 Å². The molecule has 2 rings (SSSR count). The lowest BCUT2D eigenvalue weighted by Crippen LogP contribution is -2.02. The third kappa shape index (κ3) is 3.03. The molecule has 0 radical (unpaired) electrons. The zero-order valence-corrected chi connectivity index (χ0v) is 14.4. The average molecular weight is 438 g/mol. The second kappa shape index (κ2) is 5.84. The topological polar surface area (TPSA) is 25.8 Å². The van der Waals surface area contributed by atoms with Gasteiger partial charge in [-0.15, -0.1) is 0 Å². The van der Waals surface area contributed by atoms with Gasteiger partial charge in [0.25, 0.3) is 0 Å². The van der Waals surface area contributed by atoms with Crippen molar-refractivity contribution in [2.75, 3.05) is 0 Å². The number of benzene rings is 1. The predicted molar refractivity (Wildman–Crippen MR) is 87.0 cm³/mol. The van der Waals surface area contributed by atoms with Gasteiger partial charge in [0.05, 0.1) is 9.26 Å². The molecule has 0 saturated heterocycles. The summed E-state index contributed by atoms with van der Waals surface area (Å²) in [5.74, 6) is 1.00. The quantitative estimate of drug-likeness (QED) is 0.472. The van der Waals surface area contributed by atoms with Crippen LogP contribution in [0.3, 0.4) is 0 Å². The number of halogens is 3. The molecular formula is C13H11BrClIN2. The fraction of sp³-hybridized carbons (Fsp3) is 0.231. The molecule has 0 fully saturated rings. The Hall–Kier alpha value is -0.200. The van der Waals surface area contributed by atoms with Crippen LogP contribution in [0.2, 0.25) is 5.15 Å². The molecule has 5 heteroatoms. The van der Waals surface area contributed by atoms with Crippen LogP contribution in [0.4, 0.5) is 0 Å². The fourth-order valence-electron chi connectivity index (χ4n) is 1.55. The minimum Gasteiger partial charge on any atom is -0.232 e. The molecule has 1 aromatic carbocycles. The Labute approximate surface area is 133 Å². The van der Waals surface area contributed by atoms with Gasteiger partial charge in [-0.1, -0.05) is 53.5 Å². The molecule has 18 heavy (non-hydrogen) atoms. The van der Waals surface area contributed by atoms with Crippen LogP contribution in [-0.2, 0) is 0 Å². The summed E-state index contributed by atoms with van der Waals surface area (Å²) < 4.78 is 1.97. The van der Waals surface area contributed by atoms with E-state index in [4.69, 9.17) is 11.6 Å². The van der Waals surface area contributed by atoms with Gasteiger partial charge in [-0.05, 0) is 40.6 Å². The first kappa shape index (κ1) is 14.2. The molecule has 0 atom stereocenters. The van der Waals surface area contributed by atoms with Crippen LogP contribution < -0.4 is 0 Å². The molecule has 0 bridgehead atoms. The van der Waals surface area contributed by atoms with Crippen molar-refractivity contribution in [3.05, 3.63) is 43.2 Å². The second-order valence-electron chi connectivity index (χ2n) is 4.20. The highest BCUT2D eigenvalue weighted by Crippen LogP contribution is 2.28. The van der Waals surface area contributed by atoms with Crippen molar-refractivity contribution >= 4 is 50.1 Å². The Morgan fingerprint density at radius 3 is 2.33 bits per heavy atom. The van der Waals surface area contributed by atoms with E-state index in [-0.39, 0.29) is 0 Å². The molecule has 1 heterocycles. The van der Waals surface area contributed by atoms with Crippen molar-refractivity contribution in [3.8, 4) is 11.4 Å². The number of aromatic nitrogens is 2. The third-order valence-electron chi connectivity index (χ3n) is 2.49. The Balaban J connectivity index is 2.55. The number of rotatable bonds is 2. The standard InChI is InChI=1S/C13H11BrClIN2/c1-7(2)11-10(16)12(15)18-13(17-11)8-3-5-9(14)6-4-8/h3-7H,1-2H3. The SMILES string of the molecule is CC(C)c1nc(-c2ccc(Br)cc2)nc(Cl)c1I. The molecule has 94 valence electrons. The molecule has 0 aliphatic carbocycles. The van der Waals surface area contributed by atoms with Gasteiger partial charge in [0, 0.05) is 10.0 Å². The molecular weight excluding hydrogens is 426 g/mol. The lowest BCUT2D eigenvalue weighted by Gasteiger charge is -2.10. The summed E-state index contributed by atoms with van der Waals surface area (Å²) in [6.45, 7) is 4.21. The van der Waals surface area contributed by atoms with Gasteiger partial charge in [-0.25, -0.2) is 9.97 Å². The largest absolute Gasteiger partial charge is 0.232 e. The minimum atomic E-state index is 0.326. The summed E-state index contributed by atoms with van der Waals surface area (Å²) in [5.41, 5.74) is 1.96. The van der Waals surface area contributed by atoms with Crippen LogP contribution in [0, 0.1) is 3.57 Å². The van der Waals surface area contributed by atoms with Crippen molar-refractivity contribution in [1.82, 2.24) is 9.97 Å². The van der Waals surface area contributed by atoms with Crippen molar-refractivity contribution in [1.29, 1.82) is 0 Å². The molecule has 2 nitrogen and oxygen atoms in total. The first-order valence-corrected chi connectivity index (χ1v) is 7.73. The molecule has 0 aliphatic heterocycles. The first-order chi connectivity index (χ1) is 8.49. The van der Waals surface area contributed by atoms with Gasteiger partial charge in [0.2, 0.25) is 0 Å². The van der Waals surface area contributed by atoms with E-state index in [0.29, 0.717) is 16.9 Å². The Morgan fingerprint density at radius 1 is 1.17 bits per heavy atom. The summed E-state index contributed by atoms with van der Waals surface area (Å²) in [6, 6.07) is 7.90. The zero-order valence-electron chi connectivity index (χ0n) is 9.92. The number of hydrogen-bond acceptors (Lipinski definition) is 2. The lowest BCUT2D eigenvalue weighted by atomic mass is 10.1. The minimum absolute atomic E-state index is 0.326. The van der Waals surface area contributed by atoms with Crippen LogP contribution in [0.15, 0.2) is 28.7 Å². The maximum atomic E-state index is 6.18. The second-order valence-corrected chi connectivity index (χ2v) is 6.55. The van der Waals surface area contributed by atoms with Gasteiger partial charge in [-0.2, -0.15) is 0 Å². The maximum Gasteiger partial charge on any atom is 0.161 e. The van der Waals surface area contributed by atoms with Crippen LogP contribution in [0.25, 0.3) is 11.4 Å². The zero-order chi connectivity index (χ0) is 13.3. The van der Waals surface area contributed by atoms with E-state index in [2.05, 4.69) is 62.3 Å². The number of hydrogen-bond donors (Lipinski definition) is 0. The summed E-state index contributed by atoms with van der Waals surface area (Å²) >= 11 is 11.8. The molecule has 0 amide bonds. The van der Waals surface area contributed by atoms with Crippen molar-refractivity contribution in [2.24, 2.45) is 0 Å². The summed E-state index contributed by atoms with van der Waals surface area (Å²) in [5, 5.41) is 0.521. The lowest BCUT2D eigenvalue weighted by molar-refractivity contribution is 0.808. The average Bonchev–Trinajstić information content (AvgIpc) is 2.33. The normalized spacial score (nSPS) is 11.0. The van der Waals surface area contributed by atoms with E-state index < -0.39 is 0 Å². The highest BCUT2D eigenvalue weighted by molar-refractivity contribution is 14.1. The summed E-state index contributed by atoms with van der Waals surface area (Å²) in [6.07, 6.45) is 0. The molecule has 2 aromatic rings. The first-order valence-electron chi connectivity index (χ1n) is 5.48. The van der Waals surface area contributed by atoms with Gasteiger partial charge in [0.15, 0.2) is 5.82 Å².